The summed E-state index contributed by atoms with van der Waals surface area (Å²) in [6, 6.07) is -0.379. The molecule has 1 spiro atoms. The maximum absolute atomic E-state index is 13.0. The van der Waals surface area contributed by atoms with Crippen molar-refractivity contribution in [3.8, 4) is 0 Å². The molecule has 31 heavy (non-hydrogen) atoms. The monoisotopic (exact) mass is 447 g/mol. The summed E-state index contributed by atoms with van der Waals surface area (Å²) in [6.45, 7) is 7.21. The van der Waals surface area contributed by atoms with Gasteiger partial charge in [-0.3, -0.25) is 19.4 Å². The van der Waals surface area contributed by atoms with Crippen LogP contribution in [-0.2, 0) is 16.1 Å². The predicted octanol–water partition coefficient (Wildman–Crippen LogP) is 3.16. The third-order valence-electron chi connectivity index (χ3n) is 6.91. The third-order valence-corrected chi connectivity index (χ3v) is 7.72. The Labute approximate surface area is 188 Å². The second kappa shape index (κ2) is 8.86. The molecule has 2 saturated heterocycles. The fourth-order valence-corrected chi connectivity index (χ4v) is 6.28. The number of nitrogens with zero attached hydrogens (tertiary/aromatic N) is 4. The van der Waals surface area contributed by atoms with Crippen LogP contribution in [0.3, 0.4) is 0 Å². The molecule has 1 saturated carbocycles. The maximum atomic E-state index is 13.0. The minimum Gasteiger partial charge on any atom is -0.313 e. The summed E-state index contributed by atoms with van der Waals surface area (Å²) in [4.78, 5) is 47.9. The molecule has 4 rings (SSSR count). The van der Waals surface area contributed by atoms with Gasteiger partial charge in [-0.25, -0.2) is 9.78 Å². The lowest BCUT2D eigenvalue weighted by Crippen LogP contribution is -2.49. The van der Waals surface area contributed by atoms with Crippen molar-refractivity contribution in [2.75, 3.05) is 32.0 Å². The number of anilines is 1. The number of piperidine rings is 1. The molecule has 1 aliphatic carbocycles. The van der Waals surface area contributed by atoms with Crippen LogP contribution in [0.25, 0.3) is 0 Å². The lowest BCUT2D eigenvalue weighted by molar-refractivity contribution is -0.136. The Hall–Kier alpha value is -2.00. The molecular weight excluding hydrogens is 414 g/mol. The number of hydrogen-bond donors (Lipinski definition) is 1. The Bertz CT molecular complexity index is 840. The number of rotatable bonds is 5. The lowest BCUT2D eigenvalue weighted by atomic mass is 9.81. The van der Waals surface area contributed by atoms with E-state index in [0.717, 1.165) is 49.5 Å². The zero-order valence-corrected chi connectivity index (χ0v) is 19.5. The van der Waals surface area contributed by atoms with Crippen LogP contribution in [0.4, 0.5) is 9.93 Å². The molecule has 2 unspecified atom stereocenters. The van der Waals surface area contributed by atoms with Gasteiger partial charge in [0.15, 0.2) is 5.13 Å². The number of amides is 4. The number of carbonyl (C=O) groups is 3. The summed E-state index contributed by atoms with van der Waals surface area (Å²) in [6.07, 6.45) is 5.56. The van der Waals surface area contributed by atoms with Gasteiger partial charge in [0, 0.05) is 32.1 Å². The minimum absolute atomic E-state index is 0.233. The number of urea groups is 1. The largest absolute Gasteiger partial charge is 0.327 e. The van der Waals surface area contributed by atoms with Gasteiger partial charge in [-0.2, -0.15) is 0 Å². The Morgan fingerprint density at radius 1 is 1.19 bits per heavy atom. The highest BCUT2D eigenvalue weighted by atomic mass is 32.1. The number of likely N-dealkylation sites (tertiary alicyclic amines) is 1. The second-order valence-electron chi connectivity index (χ2n) is 9.66. The Morgan fingerprint density at radius 3 is 2.55 bits per heavy atom. The quantitative estimate of drug-likeness (QED) is 0.701. The van der Waals surface area contributed by atoms with Gasteiger partial charge in [0.25, 0.3) is 5.91 Å². The van der Waals surface area contributed by atoms with Crippen LogP contribution < -0.4 is 5.32 Å². The van der Waals surface area contributed by atoms with Crippen LogP contribution >= 0.6 is 11.3 Å². The van der Waals surface area contributed by atoms with E-state index < -0.39 is 5.54 Å². The minimum atomic E-state index is -0.757. The molecule has 0 radical (unpaired) electrons. The smallest absolute Gasteiger partial charge is 0.313 e. The first-order valence-electron chi connectivity index (χ1n) is 11.3. The molecule has 9 heteroatoms. The summed E-state index contributed by atoms with van der Waals surface area (Å²) >= 11 is 1.38. The van der Waals surface area contributed by atoms with Crippen LogP contribution in [0.5, 0.6) is 0 Å². The molecular formula is C22H33N5O3S. The number of aromatic nitrogens is 1. The van der Waals surface area contributed by atoms with E-state index >= 15 is 0 Å². The van der Waals surface area contributed by atoms with Crippen molar-refractivity contribution in [1.29, 1.82) is 0 Å². The lowest BCUT2D eigenvalue weighted by Gasteiger charge is -2.35. The van der Waals surface area contributed by atoms with Crippen LogP contribution in [0.1, 0.15) is 58.1 Å². The second-order valence-corrected chi connectivity index (χ2v) is 10.5. The third kappa shape index (κ3) is 4.48. The molecule has 170 valence electrons. The average molecular weight is 448 g/mol. The maximum Gasteiger partial charge on any atom is 0.327 e. The van der Waals surface area contributed by atoms with Crippen molar-refractivity contribution in [2.45, 2.75) is 64.5 Å². The number of likely N-dealkylation sites (N-methyl/N-ethyl adjacent to an activating group) is 1. The molecule has 0 bridgehead atoms. The summed E-state index contributed by atoms with van der Waals surface area (Å²) in [7, 11) is 1.68. The normalized spacial score (nSPS) is 26.7. The standard InChI is InChI=1S/C22H33N5O3S/c1-15-9-16(2)11-26(10-15)12-17-14-31-20(23-17)24-18(28)13-27-19(29)22(25(3)21(27)30)7-5-4-6-8-22/h14-16H,4-13H2,1-3H3,(H,23,24,28). The molecule has 0 aromatic carbocycles. The number of hydrogen-bond acceptors (Lipinski definition) is 6. The molecule has 2 aliphatic heterocycles. The van der Waals surface area contributed by atoms with E-state index in [0.29, 0.717) is 29.8 Å². The van der Waals surface area contributed by atoms with Crippen molar-refractivity contribution >= 4 is 34.3 Å². The summed E-state index contributed by atoms with van der Waals surface area (Å²) in [5.74, 6) is 0.748. The van der Waals surface area contributed by atoms with E-state index in [9.17, 15) is 14.4 Å². The van der Waals surface area contributed by atoms with Gasteiger partial charge in [-0.1, -0.05) is 33.1 Å². The first-order chi connectivity index (χ1) is 14.8. The van der Waals surface area contributed by atoms with E-state index in [1.807, 2.05) is 5.38 Å². The van der Waals surface area contributed by atoms with Gasteiger partial charge in [0.2, 0.25) is 5.91 Å². The van der Waals surface area contributed by atoms with Gasteiger partial charge >= 0.3 is 6.03 Å². The molecule has 3 aliphatic rings. The van der Waals surface area contributed by atoms with Crippen LogP contribution in [-0.4, -0.2) is 69.8 Å². The van der Waals surface area contributed by atoms with E-state index in [1.165, 1.54) is 17.8 Å². The van der Waals surface area contributed by atoms with Crippen molar-refractivity contribution in [3.05, 3.63) is 11.1 Å². The van der Waals surface area contributed by atoms with E-state index in [1.54, 1.807) is 11.9 Å². The predicted molar refractivity (Wildman–Crippen MR) is 120 cm³/mol. The Kier molecular flexibility index (Phi) is 6.35. The van der Waals surface area contributed by atoms with Gasteiger partial charge in [0.05, 0.1) is 5.69 Å². The SMILES string of the molecule is CC1CC(C)CN(Cc2csc(NC(=O)CN3C(=O)N(C)C4(CCCCC4)C3=O)n2)C1. The van der Waals surface area contributed by atoms with Gasteiger partial charge in [-0.15, -0.1) is 11.3 Å². The van der Waals surface area contributed by atoms with Crippen LogP contribution in [0.15, 0.2) is 5.38 Å². The molecule has 3 fully saturated rings. The zero-order valence-electron chi connectivity index (χ0n) is 18.7. The highest BCUT2D eigenvalue weighted by molar-refractivity contribution is 7.13. The Balaban J connectivity index is 1.34. The first kappa shape index (κ1) is 22.2. The summed E-state index contributed by atoms with van der Waals surface area (Å²) in [5.41, 5.74) is 0.183. The van der Waals surface area contributed by atoms with Crippen molar-refractivity contribution in [1.82, 2.24) is 19.7 Å². The number of nitrogens with one attached hydrogen (secondary N) is 1. The van der Waals surface area contributed by atoms with Gasteiger partial charge in [0.1, 0.15) is 12.1 Å². The number of imide groups is 1. The highest BCUT2D eigenvalue weighted by Gasteiger charge is 2.55. The van der Waals surface area contributed by atoms with Gasteiger partial charge in [-0.05, 0) is 31.1 Å². The highest BCUT2D eigenvalue weighted by Crippen LogP contribution is 2.39. The molecule has 8 nitrogen and oxygen atoms in total. The number of carbonyl (C=O) groups excluding carboxylic acids is 3. The van der Waals surface area contributed by atoms with Gasteiger partial charge < -0.3 is 10.2 Å². The fourth-order valence-electron chi connectivity index (χ4n) is 5.56. The topological polar surface area (TPSA) is 85.9 Å². The molecule has 1 aromatic rings. The fraction of sp³-hybridized carbons (Fsp3) is 0.727. The van der Waals surface area contributed by atoms with E-state index in [4.69, 9.17) is 0 Å². The van der Waals surface area contributed by atoms with Crippen LogP contribution in [0.2, 0.25) is 0 Å². The summed E-state index contributed by atoms with van der Waals surface area (Å²) < 4.78 is 0. The van der Waals surface area contributed by atoms with Crippen molar-refractivity contribution in [3.63, 3.8) is 0 Å². The van der Waals surface area contributed by atoms with E-state index in [2.05, 4.69) is 29.0 Å². The molecule has 4 amide bonds. The zero-order chi connectivity index (χ0) is 22.2. The Morgan fingerprint density at radius 2 is 1.87 bits per heavy atom. The van der Waals surface area contributed by atoms with E-state index in [-0.39, 0.29) is 24.4 Å². The van der Waals surface area contributed by atoms with Crippen molar-refractivity contribution < 1.29 is 14.4 Å². The molecule has 3 heterocycles. The first-order valence-corrected chi connectivity index (χ1v) is 12.2. The molecule has 1 aromatic heterocycles. The molecule has 2 atom stereocenters. The summed E-state index contributed by atoms with van der Waals surface area (Å²) in [5, 5.41) is 5.26. The average Bonchev–Trinajstić information content (AvgIpc) is 3.21. The molecule has 1 N–H and O–H groups in total. The number of thiazole rings is 1. The van der Waals surface area contributed by atoms with Crippen molar-refractivity contribution in [2.24, 2.45) is 11.8 Å². The van der Waals surface area contributed by atoms with Crippen LogP contribution in [0, 0.1) is 11.8 Å².